The SMILES string of the molecule is CSc1ncccc1C(=O)N1CCC(S(C)(=O)=O)CC1. The molecule has 0 aliphatic carbocycles. The number of sulfone groups is 1. The maximum atomic E-state index is 12.5. The van der Waals surface area contributed by atoms with E-state index in [1.807, 2.05) is 6.26 Å². The largest absolute Gasteiger partial charge is 0.338 e. The third kappa shape index (κ3) is 3.32. The minimum absolute atomic E-state index is 0.0607. The molecular formula is C13H18N2O3S2. The second-order valence-corrected chi connectivity index (χ2v) is 8.00. The van der Waals surface area contributed by atoms with Crippen LogP contribution in [-0.4, -0.2) is 55.1 Å². The summed E-state index contributed by atoms with van der Waals surface area (Å²) in [6, 6.07) is 3.51. The van der Waals surface area contributed by atoms with Crippen LogP contribution in [0.3, 0.4) is 0 Å². The standard InChI is InChI=1S/C13H18N2O3S2/c1-19-12-11(4-3-7-14-12)13(16)15-8-5-10(6-9-15)20(2,17)18/h3-4,7,10H,5-6,8-9H2,1-2H3. The van der Waals surface area contributed by atoms with Gasteiger partial charge in [0.25, 0.3) is 5.91 Å². The Balaban J connectivity index is 2.09. The van der Waals surface area contributed by atoms with Gasteiger partial charge in [-0.3, -0.25) is 4.79 Å². The van der Waals surface area contributed by atoms with Crippen molar-refractivity contribution in [1.29, 1.82) is 0 Å². The van der Waals surface area contributed by atoms with Crippen molar-refractivity contribution in [3.8, 4) is 0 Å². The molecule has 0 bridgehead atoms. The van der Waals surface area contributed by atoms with E-state index in [9.17, 15) is 13.2 Å². The molecule has 5 nitrogen and oxygen atoms in total. The number of carbonyl (C=O) groups excluding carboxylic acids is 1. The van der Waals surface area contributed by atoms with Crippen molar-refractivity contribution in [3.63, 3.8) is 0 Å². The molecule has 2 heterocycles. The van der Waals surface area contributed by atoms with Crippen LogP contribution in [0.5, 0.6) is 0 Å². The molecular weight excluding hydrogens is 296 g/mol. The molecule has 7 heteroatoms. The summed E-state index contributed by atoms with van der Waals surface area (Å²) in [5.74, 6) is -0.0607. The number of nitrogens with zero attached hydrogens (tertiary/aromatic N) is 2. The molecule has 0 saturated carbocycles. The van der Waals surface area contributed by atoms with Crippen LogP contribution in [0.4, 0.5) is 0 Å². The lowest BCUT2D eigenvalue weighted by Gasteiger charge is -2.31. The van der Waals surface area contributed by atoms with Gasteiger partial charge in [0, 0.05) is 25.5 Å². The quantitative estimate of drug-likeness (QED) is 0.790. The van der Waals surface area contributed by atoms with Crippen molar-refractivity contribution in [2.24, 2.45) is 0 Å². The number of aromatic nitrogens is 1. The Kier molecular flexibility index (Phi) is 4.70. The molecule has 0 atom stereocenters. The maximum Gasteiger partial charge on any atom is 0.256 e. The lowest BCUT2D eigenvalue weighted by Crippen LogP contribution is -2.42. The molecule has 0 spiro atoms. The van der Waals surface area contributed by atoms with Gasteiger partial charge in [0.1, 0.15) is 14.9 Å². The summed E-state index contributed by atoms with van der Waals surface area (Å²) in [6.07, 6.45) is 5.84. The molecule has 0 N–H and O–H groups in total. The first-order chi connectivity index (χ1) is 9.43. The fourth-order valence-electron chi connectivity index (χ4n) is 2.37. The lowest BCUT2D eigenvalue weighted by molar-refractivity contribution is 0.0721. The summed E-state index contributed by atoms with van der Waals surface area (Å²) in [5, 5.41) is 0.392. The van der Waals surface area contributed by atoms with Gasteiger partial charge in [0.05, 0.1) is 10.8 Å². The highest BCUT2D eigenvalue weighted by atomic mass is 32.2. The van der Waals surface area contributed by atoms with Crippen molar-refractivity contribution >= 4 is 27.5 Å². The van der Waals surface area contributed by atoms with Crippen molar-refractivity contribution in [2.45, 2.75) is 23.1 Å². The first kappa shape index (κ1) is 15.3. The molecule has 0 aromatic carbocycles. The van der Waals surface area contributed by atoms with Crippen LogP contribution in [-0.2, 0) is 9.84 Å². The van der Waals surface area contributed by atoms with Crippen LogP contribution in [0, 0.1) is 0 Å². The lowest BCUT2D eigenvalue weighted by atomic mass is 10.1. The van der Waals surface area contributed by atoms with Crippen molar-refractivity contribution in [1.82, 2.24) is 9.88 Å². The number of pyridine rings is 1. The number of carbonyl (C=O) groups is 1. The number of likely N-dealkylation sites (tertiary alicyclic amines) is 1. The van der Waals surface area contributed by atoms with Crippen molar-refractivity contribution in [3.05, 3.63) is 23.9 Å². The third-order valence-electron chi connectivity index (χ3n) is 3.53. The Morgan fingerprint density at radius 2 is 2.05 bits per heavy atom. The second kappa shape index (κ2) is 6.13. The average molecular weight is 314 g/mol. The van der Waals surface area contributed by atoms with E-state index >= 15 is 0 Å². The van der Waals surface area contributed by atoms with Gasteiger partial charge in [-0.15, -0.1) is 11.8 Å². The number of piperidine rings is 1. The molecule has 1 aromatic rings. The summed E-state index contributed by atoms with van der Waals surface area (Å²) < 4.78 is 23.0. The molecule has 0 unspecified atom stereocenters. The molecule has 1 aliphatic heterocycles. The topological polar surface area (TPSA) is 67.3 Å². The Hall–Kier alpha value is -1.08. The van der Waals surface area contributed by atoms with Crippen LogP contribution < -0.4 is 0 Å². The highest BCUT2D eigenvalue weighted by Gasteiger charge is 2.29. The third-order valence-corrected chi connectivity index (χ3v) is 5.92. The van der Waals surface area contributed by atoms with Crippen LogP contribution in [0.1, 0.15) is 23.2 Å². The fourth-order valence-corrected chi connectivity index (χ4v) is 3.98. The average Bonchev–Trinajstić information content (AvgIpc) is 2.45. The number of thioether (sulfide) groups is 1. The number of hydrogen-bond donors (Lipinski definition) is 0. The summed E-state index contributed by atoms with van der Waals surface area (Å²) in [5.41, 5.74) is 0.595. The summed E-state index contributed by atoms with van der Waals surface area (Å²) >= 11 is 1.44. The van der Waals surface area contributed by atoms with E-state index in [0.717, 1.165) is 0 Å². The molecule has 20 heavy (non-hydrogen) atoms. The van der Waals surface area contributed by atoms with Gasteiger partial charge in [-0.1, -0.05) is 0 Å². The van der Waals surface area contributed by atoms with Gasteiger partial charge in [-0.25, -0.2) is 13.4 Å². The van der Waals surface area contributed by atoms with Crippen LogP contribution in [0.25, 0.3) is 0 Å². The zero-order valence-electron chi connectivity index (χ0n) is 11.6. The first-order valence-corrected chi connectivity index (χ1v) is 9.58. The Labute approximate surface area is 123 Å². The van der Waals surface area contributed by atoms with Crippen molar-refractivity contribution < 1.29 is 13.2 Å². The van der Waals surface area contributed by atoms with Crippen LogP contribution in [0.2, 0.25) is 0 Å². The number of rotatable bonds is 3. The van der Waals surface area contributed by atoms with E-state index in [2.05, 4.69) is 4.98 Å². The molecule has 1 amide bonds. The summed E-state index contributed by atoms with van der Waals surface area (Å²) in [4.78, 5) is 18.4. The predicted molar refractivity (Wildman–Crippen MR) is 79.8 cm³/mol. The number of amides is 1. The van der Waals surface area contributed by atoms with E-state index in [1.54, 1.807) is 23.2 Å². The van der Waals surface area contributed by atoms with Crippen LogP contribution >= 0.6 is 11.8 Å². The van der Waals surface area contributed by atoms with E-state index in [1.165, 1.54) is 18.0 Å². The molecule has 2 rings (SSSR count). The molecule has 1 fully saturated rings. The normalized spacial score (nSPS) is 17.2. The maximum absolute atomic E-state index is 12.5. The van der Waals surface area contributed by atoms with Gasteiger partial charge in [-0.05, 0) is 31.2 Å². The minimum Gasteiger partial charge on any atom is -0.338 e. The highest BCUT2D eigenvalue weighted by molar-refractivity contribution is 7.98. The van der Waals surface area contributed by atoms with E-state index in [0.29, 0.717) is 36.5 Å². The van der Waals surface area contributed by atoms with Gasteiger partial charge in [0.15, 0.2) is 0 Å². The first-order valence-electron chi connectivity index (χ1n) is 6.40. The van der Waals surface area contributed by atoms with Crippen molar-refractivity contribution in [2.75, 3.05) is 25.6 Å². The summed E-state index contributed by atoms with van der Waals surface area (Å²) in [7, 11) is -3.01. The van der Waals surface area contributed by atoms with Gasteiger partial charge < -0.3 is 4.90 Å². The van der Waals surface area contributed by atoms with E-state index in [-0.39, 0.29) is 11.2 Å². The monoisotopic (exact) mass is 314 g/mol. The predicted octanol–water partition coefficient (Wildman–Crippen LogP) is 1.45. The molecule has 1 aromatic heterocycles. The minimum atomic E-state index is -3.01. The Morgan fingerprint density at radius 1 is 1.40 bits per heavy atom. The molecule has 0 radical (unpaired) electrons. The van der Waals surface area contributed by atoms with Gasteiger partial charge in [0.2, 0.25) is 0 Å². The molecule has 1 saturated heterocycles. The molecule has 110 valence electrons. The fraction of sp³-hybridized carbons (Fsp3) is 0.538. The Bertz CT molecular complexity index is 593. The summed E-state index contributed by atoms with van der Waals surface area (Å²) in [6.45, 7) is 0.971. The Morgan fingerprint density at radius 3 is 2.60 bits per heavy atom. The molecule has 1 aliphatic rings. The van der Waals surface area contributed by atoms with E-state index in [4.69, 9.17) is 0 Å². The highest BCUT2D eigenvalue weighted by Crippen LogP contribution is 2.22. The van der Waals surface area contributed by atoms with Gasteiger partial charge in [-0.2, -0.15) is 0 Å². The number of hydrogen-bond acceptors (Lipinski definition) is 5. The zero-order valence-corrected chi connectivity index (χ0v) is 13.2. The smallest absolute Gasteiger partial charge is 0.256 e. The van der Waals surface area contributed by atoms with Gasteiger partial charge >= 0.3 is 0 Å². The van der Waals surface area contributed by atoms with Crippen LogP contribution in [0.15, 0.2) is 23.4 Å². The zero-order chi connectivity index (χ0) is 14.8. The van der Waals surface area contributed by atoms with E-state index < -0.39 is 9.84 Å². The second-order valence-electron chi connectivity index (χ2n) is 4.88.